The van der Waals surface area contributed by atoms with Gasteiger partial charge in [0, 0.05) is 6.54 Å². The Labute approximate surface area is 103 Å². The van der Waals surface area contributed by atoms with Crippen LogP contribution in [0.4, 0.5) is 0 Å². The van der Waals surface area contributed by atoms with Gasteiger partial charge in [-0.3, -0.25) is 9.59 Å². The zero-order valence-electron chi connectivity index (χ0n) is 11.1. The summed E-state index contributed by atoms with van der Waals surface area (Å²) >= 11 is 0. The highest BCUT2D eigenvalue weighted by atomic mass is 16.2. The third-order valence-electron chi connectivity index (χ3n) is 3.66. The molecule has 96 valence electrons. The first-order chi connectivity index (χ1) is 7.86. The second-order valence-corrected chi connectivity index (χ2v) is 6.22. The van der Waals surface area contributed by atoms with Gasteiger partial charge in [0.1, 0.15) is 12.1 Å². The van der Waals surface area contributed by atoms with Crippen LogP contribution in [0, 0.1) is 11.3 Å². The molecule has 4 heteroatoms. The molecule has 2 unspecified atom stereocenters. The number of carbonyl (C=O) groups excluding carboxylic acids is 2. The number of hydrogen-bond donors (Lipinski definition) is 1. The summed E-state index contributed by atoms with van der Waals surface area (Å²) in [6.45, 7) is 8.57. The van der Waals surface area contributed by atoms with E-state index in [0.29, 0.717) is 12.5 Å². The Bertz CT molecular complexity index is 342. The lowest BCUT2D eigenvalue weighted by Gasteiger charge is -2.44. The minimum absolute atomic E-state index is 0.0100. The third kappa shape index (κ3) is 2.17. The van der Waals surface area contributed by atoms with Crippen molar-refractivity contribution in [3.63, 3.8) is 0 Å². The lowest BCUT2D eigenvalue weighted by Crippen LogP contribution is -2.67. The first kappa shape index (κ1) is 12.4. The topological polar surface area (TPSA) is 49.4 Å². The highest BCUT2D eigenvalue weighted by Gasteiger charge is 2.49. The Morgan fingerprint density at radius 3 is 2.29 bits per heavy atom. The Morgan fingerprint density at radius 2 is 1.88 bits per heavy atom. The predicted octanol–water partition coefficient (Wildman–Crippen LogP) is 1.16. The van der Waals surface area contributed by atoms with E-state index in [1.807, 2.05) is 27.7 Å². The second-order valence-electron chi connectivity index (χ2n) is 6.22. The molecule has 0 aromatic carbocycles. The van der Waals surface area contributed by atoms with Gasteiger partial charge in [0.2, 0.25) is 11.8 Å². The fraction of sp³-hybridized carbons (Fsp3) is 0.846. The highest BCUT2D eigenvalue weighted by molar-refractivity contribution is 5.97. The van der Waals surface area contributed by atoms with Crippen molar-refractivity contribution >= 4 is 11.8 Å². The van der Waals surface area contributed by atoms with Crippen molar-refractivity contribution in [1.29, 1.82) is 0 Å². The van der Waals surface area contributed by atoms with Crippen molar-refractivity contribution in [1.82, 2.24) is 10.2 Å². The number of nitrogens with one attached hydrogen (secondary N) is 1. The molecule has 0 radical (unpaired) electrons. The standard InChI is InChI=1S/C13H22N2O2/c1-5-15-10(13(2,3)4)11(16)14-9(12(15)17)8-6-7-8/h8-10H,5-7H2,1-4H3,(H,14,16). The minimum atomic E-state index is -0.338. The molecule has 0 bridgehead atoms. The van der Waals surface area contributed by atoms with Gasteiger partial charge in [-0.05, 0) is 31.1 Å². The number of piperazine rings is 1. The van der Waals surface area contributed by atoms with E-state index < -0.39 is 0 Å². The monoisotopic (exact) mass is 238 g/mol. The van der Waals surface area contributed by atoms with Crippen molar-refractivity contribution < 1.29 is 9.59 Å². The molecule has 17 heavy (non-hydrogen) atoms. The lowest BCUT2D eigenvalue weighted by atomic mass is 9.83. The second kappa shape index (κ2) is 4.00. The van der Waals surface area contributed by atoms with Crippen molar-refractivity contribution in [2.75, 3.05) is 6.54 Å². The molecule has 1 aliphatic heterocycles. The number of carbonyl (C=O) groups is 2. The molecular formula is C13H22N2O2. The molecule has 4 nitrogen and oxygen atoms in total. The maximum Gasteiger partial charge on any atom is 0.246 e. The van der Waals surface area contributed by atoms with Crippen LogP contribution in [-0.4, -0.2) is 35.3 Å². The molecule has 0 aromatic heterocycles. The van der Waals surface area contributed by atoms with Crippen LogP contribution < -0.4 is 5.32 Å². The molecule has 1 heterocycles. The molecule has 1 aliphatic carbocycles. The van der Waals surface area contributed by atoms with Crippen LogP contribution in [0.2, 0.25) is 0 Å². The van der Waals surface area contributed by atoms with Crippen LogP contribution in [-0.2, 0) is 9.59 Å². The Morgan fingerprint density at radius 1 is 1.29 bits per heavy atom. The first-order valence-electron chi connectivity index (χ1n) is 6.47. The summed E-state index contributed by atoms with van der Waals surface area (Å²) in [5.74, 6) is 0.492. The smallest absolute Gasteiger partial charge is 0.246 e. The van der Waals surface area contributed by atoms with Gasteiger partial charge >= 0.3 is 0 Å². The summed E-state index contributed by atoms with van der Waals surface area (Å²) in [6, 6.07) is -0.601. The van der Waals surface area contributed by atoms with Crippen molar-refractivity contribution in [3.05, 3.63) is 0 Å². The number of amides is 2. The van der Waals surface area contributed by atoms with Crippen LogP contribution in [0.3, 0.4) is 0 Å². The summed E-state index contributed by atoms with van der Waals surface area (Å²) in [5, 5.41) is 2.92. The highest BCUT2D eigenvalue weighted by Crippen LogP contribution is 2.37. The lowest BCUT2D eigenvalue weighted by molar-refractivity contribution is -0.154. The summed E-state index contributed by atoms with van der Waals surface area (Å²) < 4.78 is 0. The van der Waals surface area contributed by atoms with E-state index in [0.717, 1.165) is 12.8 Å². The van der Waals surface area contributed by atoms with E-state index >= 15 is 0 Å². The van der Waals surface area contributed by atoms with Crippen molar-refractivity contribution in [2.45, 2.75) is 52.6 Å². The fourth-order valence-electron chi connectivity index (χ4n) is 2.69. The largest absolute Gasteiger partial charge is 0.342 e. The number of rotatable bonds is 2. The fourth-order valence-corrected chi connectivity index (χ4v) is 2.69. The van der Waals surface area contributed by atoms with E-state index in [9.17, 15) is 9.59 Å². The molecule has 1 saturated carbocycles. The van der Waals surface area contributed by atoms with E-state index in [2.05, 4.69) is 5.32 Å². The number of likely N-dealkylation sites (N-methyl/N-ethyl adjacent to an activating group) is 1. The quantitative estimate of drug-likeness (QED) is 0.784. The van der Waals surface area contributed by atoms with Crippen LogP contribution in [0.1, 0.15) is 40.5 Å². The van der Waals surface area contributed by atoms with Gasteiger partial charge in [-0.2, -0.15) is 0 Å². The van der Waals surface area contributed by atoms with E-state index in [-0.39, 0.29) is 29.3 Å². The Hall–Kier alpha value is -1.06. The van der Waals surface area contributed by atoms with Crippen LogP contribution in [0.15, 0.2) is 0 Å². The number of hydrogen-bond acceptors (Lipinski definition) is 2. The molecule has 1 N–H and O–H groups in total. The average molecular weight is 238 g/mol. The molecule has 2 fully saturated rings. The minimum Gasteiger partial charge on any atom is -0.342 e. The Kier molecular flexibility index (Phi) is 2.92. The van der Waals surface area contributed by atoms with Gasteiger partial charge in [0.05, 0.1) is 0 Å². The van der Waals surface area contributed by atoms with Gasteiger partial charge in [-0.25, -0.2) is 0 Å². The summed E-state index contributed by atoms with van der Waals surface area (Å²) in [6.07, 6.45) is 2.13. The number of nitrogens with zero attached hydrogens (tertiary/aromatic N) is 1. The summed E-state index contributed by atoms with van der Waals surface area (Å²) in [4.78, 5) is 26.3. The maximum atomic E-state index is 12.4. The molecule has 2 amide bonds. The van der Waals surface area contributed by atoms with E-state index in [1.165, 1.54) is 0 Å². The van der Waals surface area contributed by atoms with Gasteiger partial charge < -0.3 is 10.2 Å². The molecule has 2 rings (SSSR count). The molecule has 1 saturated heterocycles. The van der Waals surface area contributed by atoms with Gasteiger partial charge in [-0.1, -0.05) is 20.8 Å². The average Bonchev–Trinajstić information content (AvgIpc) is 3.01. The zero-order valence-corrected chi connectivity index (χ0v) is 11.1. The first-order valence-corrected chi connectivity index (χ1v) is 6.47. The van der Waals surface area contributed by atoms with Crippen LogP contribution in [0.5, 0.6) is 0 Å². The molecule has 2 aliphatic rings. The molecule has 0 spiro atoms. The van der Waals surface area contributed by atoms with Crippen molar-refractivity contribution in [3.8, 4) is 0 Å². The van der Waals surface area contributed by atoms with E-state index in [4.69, 9.17) is 0 Å². The Balaban J connectivity index is 2.25. The summed E-state index contributed by atoms with van der Waals surface area (Å²) in [5.41, 5.74) is -0.218. The molecule has 0 aromatic rings. The third-order valence-corrected chi connectivity index (χ3v) is 3.66. The normalized spacial score (nSPS) is 30.5. The van der Waals surface area contributed by atoms with Crippen LogP contribution >= 0.6 is 0 Å². The van der Waals surface area contributed by atoms with Crippen molar-refractivity contribution in [2.24, 2.45) is 11.3 Å². The SMILES string of the molecule is CCN1C(=O)C(C2CC2)NC(=O)C1C(C)(C)C. The molecular weight excluding hydrogens is 216 g/mol. The zero-order chi connectivity index (χ0) is 12.8. The van der Waals surface area contributed by atoms with E-state index in [1.54, 1.807) is 4.90 Å². The maximum absolute atomic E-state index is 12.4. The predicted molar refractivity (Wildman–Crippen MR) is 65.3 cm³/mol. The summed E-state index contributed by atoms with van der Waals surface area (Å²) in [7, 11) is 0. The van der Waals surface area contributed by atoms with Gasteiger partial charge in [0.15, 0.2) is 0 Å². The van der Waals surface area contributed by atoms with Gasteiger partial charge in [-0.15, -0.1) is 0 Å². The van der Waals surface area contributed by atoms with Gasteiger partial charge in [0.25, 0.3) is 0 Å². The van der Waals surface area contributed by atoms with Crippen LogP contribution in [0.25, 0.3) is 0 Å². The molecule has 2 atom stereocenters.